The zero-order chi connectivity index (χ0) is 16.4. The van der Waals surface area contributed by atoms with Crippen LogP contribution in [0.2, 0.25) is 0 Å². The van der Waals surface area contributed by atoms with Crippen molar-refractivity contribution < 1.29 is 4.74 Å². The fourth-order valence-corrected chi connectivity index (χ4v) is 2.45. The van der Waals surface area contributed by atoms with Gasteiger partial charge in [0.25, 0.3) is 0 Å². The molecule has 0 aliphatic heterocycles. The minimum atomic E-state index is 0. The summed E-state index contributed by atoms with van der Waals surface area (Å²) in [5.41, 5.74) is 14.1. The molecule has 0 saturated carbocycles. The third-order valence-corrected chi connectivity index (χ3v) is 3.71. The molecule has 8 heteroatoms. The van der Waals surface area contributed by atoms with Gasteiger partial charge in [-0.05, 0) is 42.5 Å². The summed E-state index contributed by atoms with van der Waals surface area (Å²) >= 11 is 0. The summed E-state index contributed by atoms with van der Waals surface area (Å²) in [4.78, 5) is 11.0. The van der Waals surface area contributed by atoms with Crippen LogP contribution in [0, 0.1) is 0 Å². The quantitative estimate of drug-likeness (QED) is 0.673. The standard InChI is InChI=1S/C17H19N5O.2ClH/c1-22(12-4-6-13(23-2)7-5-12)17-14-9-11(19)3-8-15(14)20-16(10-18)21-17;;/h3-9H,10,18-19H2,1-2H3;2*1H. The van der Waals surface area contributed by atoms with Crippen LogP contribution in [-0.2, 0) is 6.54 Å². The lowest BCUT2D eigenvalue weighted by atomic mass is 10.2. The smallest absolute Gasteiger partial charge is 0.144 e. The van der Waals surface area contributed by atoms with E-state index < -0.39 is 0 Å². The second-order valence-electron chi connectivity index (χ2n) is 5.20. The summed E-state index contributed by atoms with van der Waals surface area (Å²) in [5.74, 6) is 2.17. The largest absolute Gasteiger partial charge is 0.497 e. The van der Waals surface area contributed by atoms with Gasteiger partial charge in [0.2, 0.25) is 0 Å². The van der Waals surface area contributed by atoms with E-state index in [1.807, 2.05) is 54.4 Å². The SMILES string of the molecule is COc1ccc(N(C)c2nc(CN)nc3ccc(N)cc23)cc1.Cl.Cl. The van der Waals surface area contributed by atoms with Gasteiger partial charge >= 0.3 is 0 Å². The van der Waals surface area contributed by atoms with Crippen molar-refractivity contribution in [3.8, 4) is 5.75 Å². The lowest BCUT2D eigenvalue weighted by Gasteiger charge is -2.21. The van der Waals surface area contributed by atoms with Crippen molar-refractivity contribution in [1.29, 1.82) is 0 Å². The number of rotatable bonds is 4. The number of halogens is 2. The first-order valence-electron chi connectivity index (χ1n) is 7.26. The second kappa shape index (κ2) is 8.71. The summed E-state index contributed by atoms with van der Waals surface area (Å²) < 4.78 is 5.20. The summed E-state index contributed by atoms with van der Waals surface area (Å²) in [6.45, 7) is 0.282. The summed E-state index contributed by atoms with van der Waals surface area (Å²) in [6, 6.07) is 13.4. The van der Waals surface area contributed by atoms with Crippen molar-refractivity contribution in [1.82, 2.24) is 9.97 Å². The molecule has 134 valence electrons. The van der Waals surface area contributed by atoms with Gasteiger partial charge in [0.15, 0.2) is 0 Å². The maximum atomic E-state index is 5.92. The number of benzene rings is 2. The molecule has 25 heavy (non-hydrogen) atoms. The number of nitrogen functional groups attached to an aromatic ring is 1. The Labute approximate surface area is 159 Å². The van der Waals surface area contributed by atoms with E-state index in [0.717, 1.165) is 28.2 Å². The molecule has 1 heterocycles. The number of nitrogens with zero attached hydrogens (tertiary/aromatic N) is 3. The number of nitrogens with two attached hydrogens (primary N) is 2. The predicted octanol–water partition coefficient (Wildman–Crippen LogP) is 3.29. The fourth-order valence-electron chi connectivity index (χ4n) is 2.45. The number of aromatic nitrogens is 2. The molecule has 0 fully saturated rings. The van der Waals surface area contributed by atoms with E-state index in [9.17, 15) is 0 Å². The monoisotopic (exact) mass is 381 g/mol. The highest BCUT2D eigenvalue weighted by Crippen LogP contribution is 2.30. The molecule has 1 aromatic heterocycles. The number of fused-ring (bicyclic) bond motifs is 1. The molecule has 2 aromatic carbocycles. The van der Waals surface area contributed by atoms with Crippen molar-refractivity contribution in [2.24, 2.45) is 5.73 Å². The first-order chi connectivity index (χ1) is 11.1. The van der Waals surface area contributed by atoms with Crippen LogP contribution in [0.1, 0.15) is 5.82 Å². The molecular formula is C17H21Cl2N5O. The van der Waals surface area contributed by atoms with Gasteiger partial charge in [0.1, 0.15) is 17.4 Å². The molecule has 4 N–H and O–H groups in total. The molecule has 0 saturated heterocycles. The Morgan fingerprint density at radius 1 is 1.04 bits per heavy atom. The van der Waals surface area contributed by atoms with Crippen LogP contribution in [0.25, 0.3) is 10.9 Å². The maximum Gasteiger partial charge on any atom is 0.144 e. The van der Waals surface area contributed by atoms with E-state index in [4.69, 9.17) is 16.2 Å². The highest BCUT2D eigenvalue weighted by molar-refractivity contribution is 5.93. The number of anilines is 3. The first kappa shape index (κ1) is 20.8. The van der Waals surface area contributed by atoms with Gasteiger partial charge in [-0.2, -0.15) is 0 Å². The average Bonchev–Trinajstić information content (AvgIpc) is 2.60. The van der Waals surface area contributed by atoms with Crippen molar-refractivity contribution in [2.75, 3.05) is 24.8 Å². The Morgan fingerprint density at radius 3 is 2.32 bits per heavy atom. The van der Waals surface area contributed by atoms with Crippen LogP contribution in [0.3, 0.4) is 0 Å². The lowest BCUT2D eigenvalue weighted by Crippen LogP contribution is -2.15. The molecule has 0 aliphatic carbocycles. The van der Waals surface area contributed by atoms with Crippen LogP contribution in [0.4, 0.5) is 17.2 Å². The molecule has 3 rings (SSSR count). The Bertz CT molecular complexity index is 842. The number of methoxy groups -OCH3 is 1. The maximum absolute atomic E-state index is 5.92. The van der Waals surface area contributed by atoms with Crippen LogP contribution in [-0.4, -0.2) is 24.1 Å². The third kappa shape index (κ3) is 4.22. The topological polar surface area (TPSA) is 90.3 Å². The van der Waals surface area contributed by atoms with Gasteiger partial charge in [0, 0.05) is 23.8 Å². The van der Waals surface area contributed by atoms with Gasteiger partial charge in [0.05, 0.1) is 19.2 Å². The van der Waals surface area contributed by atoms with Gasteiger partial charge in [-0.25, -0.2) is 9.97 Å². The second-order valence-corrected chi connectivity index (χ2v) is 5.20. The molecule has 0 spiro atoms. The number of hydrogen-bond donors (Lipinski definition) is 2. The lowest BCUT2D eigenvalue weighted by molar-refractivity contribution is 0.415. The van der Waals surface area contributed by atoms with E-state index in [1.165, 1.54) is 0 Å². The molecule has 0 bridgehead atoms. The fraction of sp³-hybridized carbons (Fsp3) is 0.176. The molecule has 3 aromatic rings. The number of hydrogen-bond acceptors (Lipinski definition) is 6. The van der Waals surface area contributed by atoms with Crippen LogP contribution in [0.15, 0.2) is 42.5 Å². The highest BCUT2D eigenvalue weighted by Gasteiger charge is 2.13. The highest BCUT2D eigenvalue weighted by atomic mass is 35.5. The summed E-state index contributed by atoms with van der Waals surface area (Å²) in [5, 5.41) is 0.889. The van der Waals surface area contributed by atoms with Gasteiger partial charge in [-0.15, -0.1) is 24.8 Å². The Kier molecular flexibility index (Phi) is 7.23. The zero-order valence-electron chi connectivity index (χ0n) is 14.0. The van der Waals surface area contributed by atoms with Crippen molar-refractivity contribution >= 4 is 52.9 Å². The predicted molar refractivity (Wildman–Crippen MR) is 107 cm³/mol. The Hall–Kier alpha value is -2.28. The zero-order valence-corrected chi connectivity index (χ0v) is 15.6. The van der Waals surface area contributed by atoms with Gasteiger partial charge in [-0.1, -0.05) is 0 Å². The molecule has 6 nitrogen and oxygen atoms in total. The minimum absolute atomic E-state index is 0. The van der Waals surface area contributed by atoms with Gasteiger partial charge < -0.3 is 21.1 Å². The number of ether oxygens (including phenoxy) is 1. The minimum Gasteiger partial charge on any atom is -0.497 e. The van der Waals surface area contributed by atoms with Crippen molar-refractivity contribution in [3.63, 3.8) is 0 Å². The summed E-state index contributed by atoms with van der Waals surface area (Å²) in [6.07, 6.45) is 0. The van der Waals surface area contributed by atoms with Gasteiger partial charge in [-0.3, -0.25) is 0 Å². The van der Waals surface area contributed by atoms with Crippen LogP contribution >= 0.6 is 24.8 Å². The van der Waals surface area contributed by atoms with E-state index >= 15 is 0 Å². The van der Waals surface area contributed by atoms with E-state index in [0.29, 0.717) is 11.5 Å². The Balaban J connectivity index is 0.00000156. The normalized spacial score (nSPS) is 9.88. The van der Waals surface area contributed by atoms with Crippen molar-refractivity contribution in [3.05, 3.63) is 48.3 Å². The molecule has 0 amide bonds. The molecular weight excluding hydrogens is 361 g/mol. The van der Waals surface area contributed by atoms with E-state index in [2.05, 4.69) is 9.97 Å². The van der Waals surface area contributed by atoms with E-state index in [-0.39, 0.29) is 31.4 Å². The molecule has 0 unspecified atom stereocenters. The first-order valence-corrected chi connectivity index (χ1v) is 7.26. The molecule has 0 atom stereocenters. The van der Waals surface area contributed by atoms with E-state index in [1.54, 1.807) is 7.11 Å². The molecule has 0 radical (unpaired) electrons. The third-order valence-electron chi connectivity index (χ3n) is 3.71. The summed E-state index contributed by atoms with van der Waals surface area (Å²) in [7, 11) is 3.60. The van der Waals surface area contributed by atoms with Crippen LogP contribution in [0.5, 0.6) is 5.75 Å². The Morgan fingerprint density at radius 2 is 1.72 bits per heavy atom. The molecule has 0 aliphatic rings. The average molecular weight is 382 g/mol. The van der Waals surface area contributed by atoms with Crippen LogP contribution < -0.4 is 21.1 Å². The van der Waals surface area contributed by atoms with Crippen molar-refractivity contribution in [2.45, 2.75) is 6.54 Å².